The Hall–Kier alpha value is -0.960. The van der Waals surface area contributed by atoms with Gasteiger partial charge in [0.2, 0.25) is 0 Å². The maximum absolute atomic E-state index is 12.0. The zero-order valence-electron chi connectivity index (χ0n) is 18.5. The van der Waals surface area contributed by atoms with Crippen molar-refractivity contribution < 1.29 is 14.7 Å². The second-order valence-corrected chi connectivity index (χ2v) is 8.78. The second-order valence-electron chi connectivity index (χ2n) is 8.78. The molecule has 1 N–H and O–H groups in total. The van der Waals surface area contributed by atoms with Gasteiger partial charge < -0.3 is 5.11 Å². The quantitative estimate of drug-likeness (QED) is 0.264. The van der Waals surface area contributed by atoms with Crippen LogP contribution in [0.4, 0.5) is 0 Å². The lowest BCUT2D eigenvalue weighted by Crippen LogP contribution is -2.19. The van der Waals surface area contributed by atoms with Crippen LogP contribution in [-0.4, -0.2) is 22.8 Å². The number of ketones is 2. The number of hydrogen-bond donors (Lipinski definition) is 1. The summed E-state index contributed by atoms with van der Waals surface area (Å²) in [4.78, 5) is 23.5. The zero-order chi connectivity index (χ0) is 20.6. The number of rotatable bonds is 18. The van der Waals surface area contributed by atoms with Gasteiger partial charge in [0, 0.05) is 25.2 Å². The molecule has 1 aliphatic carbocycles. The van der Waals surface area contributed by atoms with Crippen LogP contribution < -0.4 is 0 Å². The van der Waals surface area contributed by atoms with Gasteiger partial charge in [0.25, 0.3) is 0 Å². The van der Waals surface area contributed by atoms with Gasteiger partial charge in [0.05, 0.1) is 6.10 Å². The van der Waals surface area contributed by atoms with E-state index in [2.05, 4.69) is 6.92 Å². The highest BCUT2D eigenvalue weighted by Gasteiger charge is 2.27. The van der Waals surface area contributed by atoms with Crippen LogP contribution in [0.2, 0.25) is 0 Å². The van der Waals surface area contributed by atoms with Gasteiger partial charge in [-0.15, -0.1) is 0 Å². The third-order valence-electron chi connectivity index (χ3n) is 6.10. The van der Waals surface area contributed by atoms with Gasteiger partial charge in [-0.2, -0.15) is 0 Å². The summed E-state index contributed by atoms with van der Waals surface area (Å²) in [5.74, 6) is 0.297. The third kappa shape index (κ3) is 11.8. The van der Waals surface area contributed by atoms with E-state index < -0.39 is 6.10 Å². The van der Waals surface area contributed by atoms with E-state index >= 15 is 0 Å². The van der Waals surface area contributed by atoms with Gasteiger partial charge in [-0.05, 0) is 25.3 Å². The summed E-state index contributed by atoms with van der Waals surface area (Å²) in [6.07, 6.45) is 20.4. The molecule has 3 nitrogen and oxygen atoms in total. The average Bonchev–Trinajstić information content (AvgIpc) is 3.02. The topological polar surface area (TPSA) is 54.4 Å². The van der Waals surface area contributed by atoms with Gasteiger partial charge in [-0.1, -0.05) is 90.0 Å². The molecule has 0 aromatic carbocycles. The molecular weight excluding hydrogens is 348 g/mol. The highest BCUT2D eigenvalue weighted by atomic mass is 16.3. The summed E-state index contributed by atoms with van der Waals surface area (Å²) in [7, 11) is 0. The van der Waals surface area contributed by atoms with E-state index in [1.807, 2.05) is 6.08 Å². The average molecular weight is 393 g/mol. The van der Waals surface area contributed by atoms with Gasteiger partial charge in [-0.3, -0.25) is 9.59 Å². The Morgan fingerprint density at radius 2 is 1.43 bits per heavy atom. The maximum atomic E-state index is 12.0. The van der Waals surface area contributed by atoms with E-state index in [4.69, 9.17) is 0 Å². The smallest absolute Gasteiger partial charge is 0.158 e. The highest BCUT2D eigenvalue weighted by molar-refractivity contribution is 5.97. The Bertz CT molecular complexity index is 466. The monoisotopic (exact) mass is 392 g/mol. The van der Waals surface area contributed by atoms with Crippen LogP contribution in [0.15, 0.2) is 11.6 Å². The highest BCUT2D eigenvalue weighted by Crippen LogP contribution is 2.26. The first-order chi connectivity index (χ1) is 13.5. The van der Waals surface area contributed by atoms with Crippen LogP contribution in [0, 0.1) is 5.92 Å². The van der Waals surface area contributed by atoms with E-state index in [9.17, 15) is 14.7 Å². The number of hydrogen-bond acceptors (Lipinski definition) is 3. The maximum Gasteiger partial charge on any atom is 0.158 e. The van der Waals surface area contributed by atoms with Crippen molar-refractivity contribution in [1.82, 2.24) is 0 Å². The molecule has 0 aromatic heterocycles. The molecule has 0 bridgehead atoms. The molecule has 0 heterocycles. The molecule has 2 unspecified atom stereocenters. The van der Waals surface area contributed by atoms with Crippen molar-refractivity contribution in [1.29, 1.82) is 0 Å². The number of allylic oxidation sites excluding steroid dienone is 1. The molecule has 162 valence electrons. The molecule has 1 rings (SSSR count). The fourth-order valence-corrected chi connectivity index (χ4v) is 4.08. The van der Waals surface area contributed by atoms with Crippen molar-refractivity contribution >= 4 is 11.6 Å². The van der Waals surface area contributed by atoms with Gasteiger partial charge in [-0.25, -0.2) is 0 Å². The van der Waals surface area contributed by atoms with E-state index in [1.165, 1.54) is 70.6 Å². The van der Waals surface area contributed by atoms with Crippen LogP contribution in [0.5, 0.6) is 0 Å². The van der Waals surface area contributed by atoms with E-state index in [1.54, 1.807) is 6.92 Å². The Labute approximate surface area is 173 Å². The molecule has 28 heavy (non-hydrogen) atoms. The van der Waals surface area contributed by atoms with Crippen molar-refractivity contribution in [3.63, 3.8) is 0 Å². The van der Waals surface area contributed by atoms with Crippen molar-refractivity contribution in [3.05, 3.63) is 11.6 Å². The van der Waals surface area contributed by atoms with Gasteiger partial charge in [0.15, 0.2) is 5.78 Å². The standard InChI is InChI=1S/C25H44O3/c1-3-4-5-6-7-8-9-10-11-12-13-14-15-16-23(26)17-18-24(27)22-19-21(2)25(28)20-22/h19,22,24,27H,3-18,20H2,1-2H3. The Kier molecular flexibility index (Phi) is 14.2. The molecule has 0 radical (unpaired) electrons. The molecular formula is C25H44O3. The summed E-state index contributed by atoms with van der Waals surface area (Å²) >= 11 is 0. The number of unbranched alkanes of at least 4 members (excludes halogenated alkanes) is 12. The number of aliphatic hydroxyl groups is 1. The van der Waals surface area contributed by atoms with Crippen molar-refractivity contribution in [3.8, 4) is 0 Å². The first-order valence-electron chi connectivity index (χ1n) is 12.0. The van der Waals surface area contributed by atoms with Gasteiger partial charge in [0.1, 0.15) is 5.78 Å². The number of carbonyl (C=O) groups excluding carboxylic acids is 2. The summed E-state index contributed by atoms with van der Waals surface area (Å²) in [5, 5.41) is 10.2. The van der Waals surface area contributed by atoms with Crippen molar-refractivity contribution in [2.45, 2.75) is 129 Å². The lowest BCUT2D eigenvalue weighted by Gasteiger charge is -2.15. The Morgan fingerprint density at radius 1 is 0.929 bits per heavy atom. The normalized spacial score (nSPS) is 17.8. The summed E-state index contributed by atoms with van der Waals surface area (Å²) in [6, 6.07) is 0. The molecule has 0 fully saturated rings. The van der Waals surface area contributed by atoms with Crippen LogP contribution in [0.3, 0.4) is 0 Å². The molecule has 0 aromatic rings. The number of Topliss-reactive ketones (excluding diaryl/α,β-unsaturated/α-hetero) is 2. The fraction of sp³-hybridized carbons (Fsp3) is 0.840. The van der Waals surface area contributed by atoms with Crippen LogP contribution in [0.1, 0.15) is 123 Å². The van der Waals surface area contributed by atoms with Crippen molar-refractivity contribution in [2.24, 2.45) is 5.92 Å². The largest absolute Gasteiger partial charge is 0.392 e. The molecule has 0 saturated heterocycles. The van der Waals surface area contributed by atoms with E-state index in [0.29, 0.717) is 25.7 Å². The molecule has 0 spiro atoms. The molecule has 0 amide bonds. The second kappa shape index (κ2) is 15.9. The lowest BCUT2D eigenvalue weighted by molar-refractivity contribution is -0.119. The van der Waals surface area contributed by atoms with E-state index in [0.717, 1.165) is 18.4 Å². The Balaban J connectivity index is 1.87. The van der Waals surface area contributed by atoms with Crippen molar-refractivity contribution in [2.75, 3.05) is 0 Å². The summed E-state index contributed by atoms with van der Waals surface area (Å²) in [5.41, 5.74) is 0.752. The molecule has 0 aliphatic heterocycles. The summed E-state index contributed by atoms with van der Waals surface area (Å²) in [6.45, 7) is 4.06. The minimum atomic E-state index is -0.558. The van der Waals surface area contributed by atoms with Gasteiger partial charge >= 0.3 is 0 Å². The molecule has 1 aliphatic rings. The number of carbonyl (C=O) groups is 2. The first-order valence-corrected chi connectivity index (χ1v) is 12.0. The number of aliphatic hydroxyl groups excluding tert-OH is 1. The third-order valence-corrected chi connectivity index (χ3v) is 6.10. The predicted octanol–water partition coefficient (Wildman–Crippen LogP) is 6.71. The predicted molar refractivity (Wildman–Crippen MR) is 117 cm³/mol. The first kappa shape index (κ1) is 25.1. The minimum absolute atomic E-state index is 0.0864. The van der Waals surface area contributed by atoms with E-state index in [-0.39, 0.29) is 17.5 Å². The van der Waals surface area contributed by atoms with Crippen LogP contribution in [-0.2, 0) is 9.59 Å². The Morgan fingerprint density at radius 3 is 1.89 bits per heavy atom. The SMILES string of the molecule is CCCCCCCCCCCCCCCC(=O)CCC(O)C1C=C(C)C(=O)C1. The summed E-state index contributed by atoms with van der Waals surface area (Å²) < 4.78 is 0. The van der Waals surface area contributed by atoms with Crippen LogP contribution in [0.25, 0.3) is 0 Å². The fourth-order valence-electron chi connectivity index (χ4n) is 4.08. The molecule has 2 atom stereocenters. The molecule has 3 heteroatoms. The molecule has 0 saturated carbocycles. The minimum Gasteiger partial charge on any atom is -0.392 e. The zero-order valence-corrected chi connectivity index (χ0v) is 18.5. The van der Waals surface area contributed by atoms with Crippen LogP contribution >= 0.6 is 0 Å². The lowest BCUT2D eigenvalue weighted by atomic mass is 9.96.